The molecule has 88 valence electrons. The number of hydrogen-bond acceptors (Lipinski definition) is 4. The van der Waals surface area contributed by atoms with Crippen molar-refractivity contribution in [1.82, 2.24) is 5.32 Å². The van der Waals surface area contributed by atoms with E-state index in [1.165, 1.54) is 0 Å². The normalized spacial score (nSPS) is 13.7. The minimum Gasteiger partial charge on any atom is -0.409 e. The lowest BCUT2D eigenvalue weighted by molar-refractivity contribution is 0.175. The summed E-state index contributed by atoms with van der Waals surface area (Å²) in [5, 5.41) is 24.0. The number of nitrogens with two attached hydrogens (primary N) is 1. The van der Waals surface area contributed by atoms with Gasteiger partial charge < -0.3 is 21.4 Å². The molecule has 1 rings (SSSR count). The van der Waals surface area contributed by atoms with Crippen LogP contribution >= 0.6 is 0 Å². The summed E-state index contributed by atoms with van der Waals surface area (Å²) in [5.74, 6) is 0.182. The van der Waals surface area contributed by atoms with Gasteiger partial charge in [-0.15, -0.1) is 0 Å². The molecule has 0 bridgehead atoms. The molecule has 0 aromatic heterocycles. The van der Waals surface area contributed by atoms with E-state index in [0.717, 1.165) is 5.56 Å². The molecule has 5 nitrogen and oxygen atoms in total. The van der Waals surface area contributed by atoms with Crippen LogP contribution < -0.4 is 11.1 Å². The van der Waals surface area contributed by atoms with Crippen LogP contribution in [0.1, 0.15) is 18.1 Å². The number of nitrogens with zero attached hydrogens (tertiary/aromatic N) is 1. The van der Waals surface area contributed by atoms with E-state index in [1.54, 1.807) is 0 Å². The van der Waals surface area contributed by atoms with Crippen LogP contribution in [0.3, 0.4) is 0 Å². The first-order chi connectivity index (χ1) is 7.74. The molecule has 0 amide bonds. The maximum absolute atomic E-state index is 9.77. The predicted molar refractivity (Wildman–Crippen MR) is 62.3 cm³/mol. The van der Waals surface area contributed by atoms with E-state index in [-0.39, 0.29) is 5.84 Å². The molecule has 0 aliphatic carbocycles. The fraction of sp³-hybridized carbons (Fsp3) is 0.364. The van der Waals surface area contributed by atoms with Crippen molar-refractivity contribution in [2.24, 2.45) is 10.9 Å². The van der Waals surface area contributed by atoms with Crippen LogP contribution in [0.25, 0.3) is 0 Å². The third-order valence-corrected chi connectivity index (χ3v) is 2.21. The first-order valence-electron chi connectivity index (χ1n) is 5.14. The number of amidine groups is 1. The molecule has 0 radical (unpaired) electrons. The predicted octanol–water partition coefficient (Wildman–Crippen LogP) is 0.446. The second kappa shape index (κ2) is 6.81. The molecule has 0 spiro atoms. The molecule has 0 fully saturated rings. The lowest BCUT2D eigenvalue weighted by Gasteiger charge is -2.11. The zero-order chi connectivity index (χ0) is 11.8. The Kier molecular flexibility index (Phi) is 5.31. The average Bonchev–Trinajstić information content (AvgIpc) is 2.35. The average molecular weight is 223 g/mol. The van der Waals surface area contributed by atoms with Gasteiger partial charge >= 0.3 is 0 Å². The highest BCUT2D eigenvalue weighted by atomic mass is 16.4. The summed E-state index contributed by atoms with van der Waals surface area (Å²) in [6.45, 7) is 1.02. The Morgan fingerprint density at radius 3 is 2.69 bits per heavy atom. The lowest BCUT2D eigenvalue weighted by atomic mass is 10.1. The summed E-state index contributed by atoms with van der Waals surface area (Å²) < 4.78 is 0. The van der Waals surface area contributed by atoms with Gasteiger partial charge in [-0.3, -0.25) is 0 Å². The van der Waals surface area contributed by atoms with Crippen molar-refractivity contribution >= 4 is 5.84 Å². The quantitative estimate of drug-likeness (QED) is 0.185. The maximum atomic E-state index is 9.77. The summed E-state index contributed by atoms with van der Waals surface area (Å²) in [6.07, 6.45) is -0.0774. The van der Waals surface area contributed by atoms with Gasteiger partial charge in [-0.2, -0.15) is 0 Å². The van der Waals surface area contributed by atoms with Gasteiger partial charge in [0.25, 0.3) is 0 Å². The van der Waals surface area contributed by atoms with Crippen molar-refractivity contribution in [3.63, 3.8) is 0 Å². The van der Waals surface area contributed by atoms with E-state index in [9.17, 15) is 5.11 Å². The fourth-order valence-electron chi connectivity index (χ4n) is 1.30. The van der Waals surface area contributed by atoms with Crippen molar-refractivity contribution in [2.75, 3.05) is 13.1 Å². The molecular formula is C11H17N3O2. The minimum atomic E-state index is -0.534. The van der Waals surface area contributed by atoms with Gasteiger partial charge in [-0.25, -0.2) is 0 Å². The molecule has 1 aromatic rings. The van der Waals surface area contributed by atoms with E-state index < -0.39 is 6.10 Å². The Bertz CT molecular complexity index is 327. The van der Waals surface area contributed by atoms with Gasteiger partial charge in [0, 0.05) is 19.5 Å². The minimum absolute atomic E-state index is 0.182. The molecule has 5 heteroatoms. The maximum Gasteiger partial charge on any atom is 0.140 e. The first-order valence-corrected chi connectivity index (χ1v) is 5.14. The summed E-state index contributed by atoms with van der Waals surface area (Å²) >= 11 is 0. The number of oxime groups is 1. The van der Waals surface area contributed by atoms with Crippen molar-refractivity contribution in [3.8, 4) is 0 Å². The highest BCUT2D eigenvalue weighted by Gasteiger charge is 2.05. The topological polar surface area (TPSA) is 90.9 Å². The molecule has 0 saturated carbocycles. The first kappa shape index (κ1) is 12.5. The Morgan fingerprint density at radius 1 is 1.38 bits per heavy atom. The van der Waals surface area contributed by atoms with Crippen LogP contribution in [0, 0.1) is 0 Å². The monoisotopic (exact) mass is 223 g/mol. The second-order valence-electron chi connectivity index (χ2n) is 3.47. The van der Waals surface area contributed by atoms with Gasteiger partial charge in [-0.1, -0.05) is 35.5 Å². The van der Waals surface area contributed by atoms with Crippen LogP contribution in [0.4, 0.5) is 0 Å². The van der Waals surface area contributed by atoms with E-state index in [1.807, 2.05) is 30.3 Å². The standard InChI is InChI=1S/C11H17N3O2/c12-11(14-16)6-7-13-8-10(15)9-4-2-1-3-5-9/h1-5,10,13,15-16H,6-8H2,(H2,12,14). The number of nitrogens with one attached hydrogen (secondary N) is 1. The third-order valence-electron chi connectivity index (χ3n) is 2.21. The highest BCUT2D eigenvalue weighted by molar-refractivity contribution is 5.79. The number of hydrogen-bond donors (Lipinski definition) is 4. The number of rotatable bonds is 6. The molecule has 16 heavy (non-hydrogen) atoms. The van der Waals surface area contributed by atoms with Gasteiger partial charge in [0.1, 0.15) is 5.84 Å². The van der Waals surface area contributed by atoms with Crippen molar-refractivity contribution < 1.29 is 10.3 Å². The SMILES string of the molecule is NC(CCNCC(O)c1ccccc1)=NO. The molecule has 0 saturated heterocycles. The summed E-state index contributed by atoms with van der Waals surface area (Å²) in [7, 11) is 0. The largest absolute Gasteiger partial charge is 0.409 e. The highest BCUT2D eigenvalue weighted by Crippen LogP contribution is 2.10. The van der Waals surface area contributed by atoms with Crippen LogP contribution in [-0.4, -0.2) is 29.2 Å². The third kappa shape index (κ3) is 4.29. The van der Waals surface area contributed by atoms with Crippen LogP contribution in [0.2, 0.25) is 0 Å². The zero-order valence-corrected chi connectivity index (χ0v) is 9.00. The Balaban J connectivity index is 2.23. The van der Waals surface area contributed by atoms with E-state index in [2.05, 4.69) is 10.5 Å². The summed E-state index contributed by atoms with van der Waals surface area (Å²) in [4.78, 5) is 0. The van der Waals surface area contributed by atoms with Crippen LogP contribution in [0.5, 0.6) is 0 Å². The summed E-state index contributed by atoms with van der Waals surface area (Å²) in [6, 6.07) is 9.41. The van der Waals surface area contributed by atoms with Gasteiger partial charge in [0.05, 0.1) is 6.10 Å². The molecule has 5 N–H and O–H groups in total. The van der Waals surface area contributed by atoms with Gasteiger partial charge in [-0.05, 0) is 5.56 Å². The van der Waals surface area contributed by atoms with Crippen molar-refractivity contribution in [1.29, 1.82) is 0 Å². The Labute approximate surface area is 94.6 Å². The van der Waals surface area contributed by atoms with E-state index in [0.29, 0.717) is 19.5 Å². The van der Waals surface area contributed by atoms with Gasteiger partial charge in [0.2, 0.25) is 0 Å². The van der Waals surface area contributed by atoms with E-state index >= 15 is 0 Å². The van der Waals surface area contributed by atoms with E-state index in [4.69, 9.17) is 10.9 Å². The number of aliphatic hydroxyl groups is 1. The molecule has 0 aliphatic heterocycles. The van der Waals surface area contributed by atoms with Crippen molar-refractivity contribution in [3.05, 3.63) is 35.9 Å². The van der Waals surface area contributed by atoms with Crippen LogP contribution in [-0.2, 0) is 0 Å². The Hall–Kier alpha value is -1.59. The fourth-order valence-corrected chi connectivity index (χ4v) is 1.30. The molecule has 0 aliphatic rings. The summed E-state index contributed by atoms with van der Waals surface area (Å²) in [5.41, 5.74) is 6.17. The number of benzene rings is 1. The molecule has 1 unspecified atom stereocenters. The molecule has 1 aromatic carbocycles. The molecule has 0 heterocycles. The smallest absolute Gasteiger partial charge is 0.140 e. The van der Waals surface area contributed by atoms with Crippen molar-refractivity contribution in [2.45, 2.75) is 12.5 Å². The second-order valence-corrected chi connectivity index (χ2v) is 3.47. The molecular weight excluding hydrogens is 206 g/mol. The van der Waals surface area contributed by atoms with Gasteiger partial charge in [0.15, 0.2) is 0 Å². The zero-order valence-electron chi connectivity index (χ0n) is 9.00. The number of aliphatic hydroxyl groups excluding tert-OH is 1. The molecule has 1 atom stereocenters. The van der Waals surface area contributed by atoms with Crippen LogP contribution in [0.15, 0.2) is 35.5 Å². The lowest BCUT2D eigenvalue weighted by Crippen LogP contribution is -2.26. The Morgan fingerprint density at radius 2 is 2.06 bits per heavy atom.